The Morgan fingerprint density at radius 2 is 1.40 bits per heavy atom. The molecule has 0 fully saturated rings. The topological polar surface area (TPSA) is 125 Å². The summed E-state index contributed by atoms with van der Waals surface area (Å²) in [5, 5.41) is 35.3. The Labute approximate surface area is 246 Å². The number of hydrogen-bond acceptors (Lipinski definition) is 7. The van der Waals surface area contributed by atoms with Crippen molar-refractivity contribution in [3.8, 4) is 0 Å². The lowest BCUT2D eigenvalue weighted by Gasteiger charge is -2.29. The Bertz CT molecular complexity index is 1380. The Balaban J connectivity index is 1.92. The second-order valence-corrected chi connectivity index (χ2v) is 9.99. The average molecular weight is 572 g/mol. The largest absolute Gasteiger partial charge is 0.509 e. The Morgan fingerprint density at radius 3 is 2.05 bits per heavy atom. The minimum Gasteiger partial charge on any atom is -0.509 e. The fourth-order valence-electron chi connectivity index (χ4n) is 4.48. The van der Waals surface area contributed by atoms with Gasteiger partial charge in [-0.3, -0.25) is 4.79 Å². The van der Waals surface area contributed by atoms with E-state index < -0.39 is 35.1 Å². The summed E-state index contributed by atoms with van der Waals surface area (Å²) in [6, 6.07) is 9.23. The van der Waals surface area contributed by atoms with Gasteiger partial charge in [0, 0.05) is 20.1 Å². The maximum Gasteiger partial charge on any atom is 0.341 e. The average Bonchev–Trinajstić information content (AvgIpc) is 3.14. The monoisotopic (exact) mass is 571 g/mol. The third kappa shape index (κ3) is 8.50. The number of methoxy groups -OCH3 is 1. The van der Waals surface area contributed by atoms with Gasteiger partial charge < -0.3 is 30.1 Å². The zero-order valence-corrected chi connectivity index (χ0v) is 23.8. The molecule has 220 valence electrons. The third-order valence-electron chi connectivity index (χ3n) is 6.69. The standard InChI is InChI=1S/C34H37NO7/c1-33-23-17-10-6-5-9-16-22-27(36)35-26(25-19-13-12-14-20-25)21-15-8-4-7-11-18-24-34(2,40)42-32(39)28(33)29(37)30(41-3)31(33)38/h4-24,26,30-31,37-38,40H,1-3H3,(H,35,36)/b8-4+,9-5+,10-6+,11-7+,21-15+,22-16+,23-17+,24-18+/t26-,30+,31-,33+,34+/m0/s1. The van der Waals surface area contributed by atoms with Crippen molar-refractivity contribution in [1.29, 1.82) is 0 Å². The molecule has 2 aliphatic rings. The van der Waals surface area contributed by atoms with Gasteiger partial charge in [-0.1, -0.05) is 115 Å². The lowest BCUT2D eigenvalue weighted by atomic mass is 9.80. The summed E-state index contributed by atoms with van der Waals surface area (Å²) in [5.41, 5.74) is -0.678. The lowest BCUT2D eigenvalue weighted by Crippen LogP contribution is -2.39. The van der Waals surface area contributed by atoms with E-state index in [1.807, 2.05) is 42.5 Å². The molecule has 0 bridgehead atoms. The van der Waals surface area contributed by atoms with Crippen LogP contribution < -0.4 is 5.32 Å². The summed E-state index contributed by atoms with van der Waals surface area (Å²) in [7, 11) is 1.30. The first-order valence-electron chi connectivity index (χ1n) is 13.4. The Kier molecular flexibility index (Phi) is 11.4. The van der Waals surface area contributed by atoms with Gasteiger partial charge >= 0.3 is 5.97 Å². The van der Waals surface area contributed by atoms with E-state index in [4.69, 9.17) is 9.47 Å². The molecule has 1 aliphatic carbocycles. The molecule has 0 radical (unpaired) electrons. The summed E-state index contributed by atoms with van der Waals surface area (Å²) in [6.07, 6.45) is 23.8. The van der Waals surface area contributed by atoms with Crippen LogP contribution in [0.5, 0.6) is 0 Å². The van der Waals surface area contributed by atoms with Crippen LogP contribution >= 0.6 is 0 Å². The van der Waals surface area contributed by atoms with Gasteiger partial charge in [0.1, 0.15) is 18.0 Å². The number of aliphatic hydroxyl groups excluding tert-OH is 2. The van der Waals surface area contributed by atoms with Crippen molar-refractivity contribution < 1.29 is 34.4 Å². The van der Waals surface area contributed by atoms with Crippen LogP contribution in [-0.4, -0.2) is 52.3 Å². The lowest BCUT2D eigenvalue weighted by molar-refractivity contribution is -0.181. The second kappa shape index (κ2) is 14.9. The number of cyclic esters (lactones) is 1. The highest BCUT2D eigenvalue weighted by atomic mass is 16.7. The number of aliphatic hydroxyl groups is 3. The van der Waals surface area contributed by atoms with E-state index in [0.29, 0.717) is 0 Å². The molecule has 8 heteroatoms. The Morgan fingerprint density at radius 1 is 0.833 bits per heavy atom. The van der Waals surface area contributed by atoms with E-state index in [0.717, 1.165) is 5.56 Å². The zero-order valence-electron chi connectivity index (χ0n) is 23.8. The van der Waals surface area contributed by atoms with Crippen molar-refractivity contribution in [3.63, 3.8) is 0 Å². The molecular weight excluding hydrogens is 534 g/mol. The first-order valence-corrected chi connectivity index (χ1v) is 13.4. The van der Waals surface area contributed by atoms with Gasteiger partial charge in [-0.15, -0.1) is 0 Å². The number of allylic oxidation sites excluding steroid dienone is 12. The second-order valence-electron chi connectivity index (χ2n) is 9.99. The van der Waals surface area contributed by atoms with Gasteiger partial charge in [-0.2, -0.15) is 0 Å². The number of ether oxygens (including phenoxy) is 2. The molecular formula is C34H37NO7. The molecule has 1 aromatic rings. The van der Waals surface area contributed by atoms with Crippen LogP contribution in [0.1, 0.15) is 25.5 Å². The summed E-state index contributed by atoms with van der Waals surface area (Å²) < 4.78 is 10.5. The smallest absolute Gasteiger partial charge is 0.341 e. The van der Waals surface area contributed by atoms with Crippen LogP contribution in [0.3, 0.4) is 0 Å². The van der Waals surface area contributed by atoms with Gasteiger partial charge in [0.05, 0.1) is 17.0 Å². The summed E-state index contributed by atoms with van der Waals surface area (Å²) in [6.45, 7) is 2.84. The number of nitrogens with one attached hydrogen (secondary N) is 1. The fourth-order valence-corrected chi connectivity index (χ4v) is 4.48. The number of benzene rings is 1. The van der Waals surface area contributed by atoms with Crippen molar-refractivity contribution in [3.05, 3.63) is 144 Å². The van der Waals surface area contributed by atoms with Crippen molar-refractivity contribution in [2.75, 3.05) is 7.11 Å². The molecule has 8 nitrogen and oxygen atoms in total. The minimum atomic E-state index is -2.01. The molecule has 3 rings (SSSR count). The van der Waals surface area contributed by atoms with E-state index in [1.165, 1.54) is 32.3 Å². The van der Waals surface area contributed by atoms with Crippen molar-refractivity contribution in [2.24, 2.45) is 5.41 Å². The highest BCUT2D eigenvalue weighted by molar-refractivity contribution is 5.93. The number of rotatable bonds is 2. The molecule has 5 atom stereocenters. The first-order chi connectivity index (χ1) is 20.1. The molecule has 1 aromatic carbocycles. The van der Waals surface area contributed by atoms with E-state index >= 15 is 0 Å². The van der Waals surface area contributed by atoms with E-state index in [9.17, 15) is 24.9 Å². The molecule has 0 aromatic heterocycles. The van der Waals surface area contributed by atoms with E-state index in [1.54, 1.807) is 73.8 Å². The number of amides is 1. The highest BCUT2D eigenvalue weighted by Gasteiger charge is 2.53. The maximum atomic E-state index is 13.2. The van der Waals surface area contributed by atoms with Crippen LogP contribution in [0, 0.1) is 5.41 Å². The number of carbonyl (C=O) groups excluding carboxylic acids is 2. The molecule has 42 heavy (non-hydrogen) atoms. The molecule has 1 amide bonds. The van der Waals surface area contributed by atoms with Gasteiger partial charge in [0.25, 0.3) is 0 Å². The maximum absolute atomic E-state index is 13.2. The summed E-state index contributed by atoms with van der Waals surface area (Å²) >= 11 is 0. The molecule has 0 spiro atoms. The van der Waals surface area contributed by atoms with Gasteiger partial charge in [0.2, 0.25) is 11.7 Å². The van der Waals surface area contributed by atoms with Crippen LogP contribution in [0.25, 0.3) is 0 Å². The SMILES string of the molecule is CO[C@@H]1C(O)=C2C(=O)O[C@@](C)(O)/C=C/C=C/C=C/C=C/[C@@H](c3ccccc3)NC(=O)/C=C/C=C/C=C/C=C/[C@@]2(C)[C@H]1O. The minimum absolute atomic E-state index is 0.224. The van der Waals surface area contributed by atoms with Crippen molar-refractivity contribution >= 4 is 11.9 Å². The molecule has 1 aliphatic heterocycles. The van der Waals surface area contributed by atoms with Gasteiger partial charge in [-0.05, 0) is 18.6 Å². The normalized spacial score (nSPS) is 35.4. The van der Waals surface area contributed by atoms with Crippen LogP contribution in [0.15, 0.2) is 139 Å². The fraction of sp³-hybridized carbons (Fsp3) is 0.235. The number of carbonyl (C=O) groups is 2. The predicted molar refractivity (Wildman–Crippen MR) is 162 cm³/mol. The molecule has 0 unspecified atom stereocenters. The van der Waals surface area contributed by atoms with E-state index in [-0.39, 0.29) is 17.5 Å². The van der Waals surface area contributed by atoms with E-state index in [2.05, 4.69) is 5.32 Å². The van der Waals surface area contributed by atoms with Crippen molar-refractivity contribution in [1.82, 2.24) is 5.32 Å². The molecule has 1 heterocycles. The molecule has 0 saturated heterocycles. The number of fused-ring (bicyclic) bond motifs is 1. The predicted octanol–water partition coefficient (Wildman–Crippen LogP) is 4.77. The summed E-state index contributed by atoms with van der Waals surface area (Å²) in [4.78, 5) is 25.7. The van der Waals surface area contributed by atoms with Gasteiger partial charge in [0.15, 0.2) is 0 Å². The number of esters is 1. The third-order valence-corrected chi connectivity index (χ3v) is 6.69. The quantitative estimate of drug-likeness (QED) is 0.377. The Hall–Kier alpha value is -4.50. The van der Waals surface area contributed by atoms with Crippen LogP contribution in [0.2, 0.25) is 0 Å². The molecule has 0 saturated carbocycles. The van der Waals surface area contributed by atoms with Crippen LogP contribution in [-0.2, 0) is 19.1 Å². The zero-order chi connectivity index (χ0) is 30.6. The van der Waals surface area contributed by atoms with Crippen LogP contribution in [0.4, 0.5) is 0 Å². The highest BCUT2D eigenvalue weighted by Crippen LogP contribution is 2.45. The summed E-state index contributed by atoms with van der Waals surface area (Å²) in [5.74, 6) is -3.74. The number of hydrogen-bond donors (Lipinski definition) is 4. The molecule has 4 N–H and O–H groups in total. The van der Waals surface area contributed by atoms with Gasteiger partial charge in [-0.25, -0.2) is 4.79 Å². The first kappa shape index (κ1) is 32.0. The van der Waals surface area contributed by atoms with Crippen molar-refractivity contribution in [2.45, 2.75) is 37.9 Å².